The highest BCUT2D eigenvalue weighted by molar-refractivity contribution is 7.15. The number of anilines is 1. The van der Waals surface area contributed by atoms with Crippen molar-refractivity contribution in [1.82, 2.24) is 15.1 Å². The van der Waals surface area contributed by atoms with E-state index in [-0.39, 0.29) is 5.91 Å². The van der Waals surface area contributed by atoms with Gasteiger partial charge in [0.25, 0.3) is 5.91 Å². The lowest BCUT2D eigenvalue weighted by Crippen LogP contribution is -2.48. The van der Waals surface area contributed by atoms with Gasteiger partial charge in [0.2, 0.25) is 10.9 Å². The average Bonchev–Trinajstić information content (AvgIpc) is 3.12. The molecule has 0 aliphatic carbocycles. The number of piperazine rings is 1. The molecule has 1 aromatic heterocycles. The first kappa shape index (κ1) is 18.2. The summed E-state index contributed by atoms with van der Waals surface area (Å²) in [6.45, 7) is 4.63. The van der Waals surface area contributed by atoms with E-state index in [1.165, 1.54) is 21.3 Å². The number of aryl methyl sites for hydroxylation is 1. The zero-order chi connectivity index (χ0) is 18.7. The molecule has 0 bridgehead atoms. The third kappa shape index (κ3) is 3.52. The summed E-state index contributed by atoms with van der Waals surface area (Å²) in [6.07, 6.45) is 0. The van der Waals surface area contributed by atoms with E-state index in [4.69, 9.17) is 14.2 Å². The third-order valence-corrected chi connectivity index (χ3v) is 5.16. The van der Waals surface area contributed by atoms with Gasteiger partial charge in [-0.25, -0.2) is 0 Å². The molecule has 2 aromatic rings. The minimum atomic E-state index is -0.0580. The van der Waals surface area contributed by atoms with Gasteiger partial charge in [-0.3, -0.25) is 4.79 Å². The fourth-order valence-electron chi connectivity index (χ4n) is 2.90. The molecule has 8 nitrogen and oxygen atoms in total. The second-order valence-corrected chi connectivity index (χ2v) is 6.96. The molecule has 0 radical (unpaired) electrons. The van der Waals surface area contributed by atoms with E-state index in [0.717, 1.165) is 23.2 Å². The van der Waals surface area contributed by atoms with Gasteiger partial charge in [0, 0.05) is 31.7 Å². The lowest BCUT2D eigenvalue weighted by atomic mass is 10.1. The Bertz CT molecular complexity index is 762. The number of carbonyl (C=O) groups excluding carboxylic acids is 1. The van der Waals surface area contributed by atoms with Crippen molar-refractivity contribution in [3.05, 3.63) is 22.7 Å². The van der Waals surface area contributed by atoms with E-state index in [2.05, 4.69) is 15.1 Å². The predicted molar refractivity (Wildman–Crippen MR) is 98.9 cm³/mol. The second kappa shape index (κ2) is 7.77. The zero-order valence-corrected chi connectivity index (χ0v) is 16.1. The largest absolute Gasteiger partial charge is 0.493 e. The first-order valence-electron chi connectivity index (χ1n) is 8.21. The summed E-state index contributed by atoms with van der Waals surface area (Å²) >= 11 is 1.57. The van der Waals surface area contributed by atoms with Gasteiger partial charge in [-0.2, -0.15) is 0 Å². The fourth-order valence-corrected chi connectivity index (χ4v) is 3.64. The quantitative estimate of drug-likeness (QED) is 0.786. The Balaban J connectivity index is 1.74. The highest BCUT2D eigenvalue weighted by Gasteiger charge is 2.26. The van der Waals surface area contributed by atoms with Crippen LogP contribution in [0.1, 0.15) is 15.4 Å². The molecule has 3 rings (SSSR count). The molecule has 0 spiro atoms. The number of ether oxygens (including phenoxy) is 3. The first-order chi connectivity index (χ1) is 12.6. The van der Waals surface area contributed by atoms with E-state index in [9.17, 15) is 4.79 Å². The van der Waals surface area contributed by atoms with Crippen molar-refractivity contribution in [2.45, 2.75) is 6.92 Å². The number of carbonyl (C=O) groups is 1. The number of rotatable bonds is 5. The van der Waals surface area contributed by atoms with Gasteiger partial charge in [0.05, 0.1) is 21.3 Å². The Kier molecular flexibility index (Phi) is 5.46. The Morgan fingerprint density at radius 1 is 1.00 bits per heavy atom. The molecule has 0 N–H and O–H groups in total. The van der Waals surface area contributed by atoms with Gasteiger partial charge in [-0.1, -0.05) is 11.3 Å². The summed E-state index contributed by atoms with van der Waals surface area (Å²) in [7, 11) is 4.61. The predicted octanol–water partition coefficient (Wildman–Crippen LogP) is 1.83. The average molecular weight is 378 g/mol. The number of aromatic nitrogens is 2. The maximum Gasteiger partial charge on any atom is 0.254 e. The van der Waals surface area contributed by atoms with Crippen LogP contribution in [0.2, 0.25) is 0 Å². The molecule has 1 aliphatic heterocycles. The van der Waals surface area contributed by atoms with E-state index < -0.39 is 0 Å². The summed E-state index contributed by atoms with van der Waals surface area (Å²) < 4.78 is 16.0. The number of benzene rings is 1. The topological polar surface area (TPSA) is 77.0 Å². The summed E-state index contributed by atoms with van der Waals surface area (Å²) in [4.78, 5) is 16.9. The monoisotopic (exact) mass is 378 g/mol. The lowest BCUT2D eigenvalue weighted by molar-refractivity contribution is 0.0746. The molecular weight excluding hydrogens is 356 g/mol. The van der Waals surface area contributed by atoms with Crippen molar-refractivity contribution in [3.8, 4) is 17.2 Å². The Labute approximate surface area is 156 Å². The molecule has 0 atom stereocenters. The maximum atomic E-state index is 12.9. The molecular formula is C17H22N4O4S. The van der Waals surface area contributed by atoms with Crippen molar-refractivity contribution in [2.24, 2.45) is 0 Å². The van der Waals surface area contributed by atoms with Crippen molar-refractivity contribution < 1.29 is 19.0 Å². The van der Waals surface area contributed by atoms with E-state index in [1.54, 1.807) is 23.5 Å². The van der Waals surface area contributed by atoms with Gasteiger partial charge >= 0.3 is 0 Å². The molecule has 1 aliphatic rings. The maximum absolute atomic E-state index is 12.9. The molecule has 2 heterocycles. The van der Waals surface area contributed by atoms with Gasteiger partial charge in [0.1, 0.15) is 5.01 Å². The fraction of sp³-hybridized carbons (Fsp3) is 0.471. The van der Waals surface area contributed by atoms with Crippen LogP contribution in [0.5, 0.6) is 17.2 Å². The van der Waals surface area contributed by atoms with Crippen LogP contribution >= 0.6 is 11.3 Å². The molecule has 1 aromatic carbocycles. The van der Waals surface area contributed by atoms with Gasteiger partial charge < -0.3 is 24.0 Å². The van der Waals surface area contributed by atoms with E-state index in [0.29, 0.717) is 35.9 Å². The minimum Gasteiger partial charge on any atom is -0.493 e. The van der Waals surface area contributed by atoms with Crippen molar-refractivity contribution in [2.75, 3.05) is 52.4 Å². The van der Waals surface area contributed by atoms with Crippen LogP contribution in [0.4, 0.5) is 5.13 Å². The smallest absolute Gasteiger partial charge is 0.254 e. The van der Waals surface area contributed by atoms with Crippen LogP contribution < -0.4 is 19.1 Å². The van der Waals surface area contributed by atoms with Crippen LogP contribution in [-0.2, 0) is 0 Å². The van der Waals surface area contributed by atoms with Crippen LogP contribution in [0, 0.1) is 6.92 Å². The number of methoxy groups -OCH3 is 3. The zero-order valence-electron chi connectivity index (χ0n) is 15.3. The van der Waals surface area contributed by atoms with Crippen LogP contribution in [0.15, 0.2) is 12.1 Å². The van der Waals surface area contributed by atoms with E-state index in [1.807, 2.05) is 11.8 Å². The molecule has 1 amide bonds. The van der Waals surface area contributed by atoms with Crippen molar-refractivity contribution in [1.29, 1.82) is 0 Å². The highest BCUT2D eigenvalue weighted by atomic mass is 32.1. The number of hydrogen-bond acceptors (Lipinski definition) is 8. The molecule has 140 valence electrons. The summed E-state index contributed by atoms with van der Waals surface area (Å²) in [6, 6.07) is 3.37. The first-order valence-corrected chi connectivity index (χ1v) is 9.03. The van der Waals surface area contributed by atoms with Crippen LogP contribution in [-0.4, -0.2) is 68.5 Å². The Hall–Kier alpha value is -2.55. The SMILES string of the molecule is COc1cc(C(=O)N2CCN(c3nnc(C)s3)CC2)cc(OC)c1OC. The van der Waals surface area contributed by atoms with Crippen molar-refractivity contribution >= 4 is 22.4 Å². The van der Waals surface area contributed by atoms with E-state index >= 15 is 0 Å². The molecule has 0 saturated carbocycles. The van der Waals surface area contributed by atoms with Crippen molar-refractivity contribution in [3.63, 3.8) is 0 Å². The highest BCUT2D eigenvalue weighted by Crippen LogP contribution is 2.38. The second-order valence-electron chi connectivity index (χ2n) is 5.80. The number of amides is 1. The Morgan fingerprint density at radius 2 is 1.62 bits per heavy atom. The summed E-state index contributed by atoms with van der Waals surface area (Å²) in [5.41, 5.74) is 0.514. The normalized spacial score (nSPS) is 14.3. The molecule has 26 heavy (non-hydrogen) atoms. The molecule has 9 heteroatoms. The summed E-state index contributed by atoms with van der Waals surface area (Å²) in [5.74, 6) is 1.36. The Morgan fingerprint density at radius 3 is 2.08 bits per heavy atom. The van der Waals surface area contributed by atoms with Crippen LogP contribution in [0.25, 0.3) is 0 Å². The van der Waals surface area contributed by atoms with Gasteiger partial charge in [-0.05, 0) is 19.1 Å². The lowest BCUT2D eigenvalue weighted by Gasteiger charge is -2.34. The number of hydrogen-bond donors (Lipinski definition) is 0. The summed E-state index contributed by atoms with van der Waals surface area (Å²) in [5, 5.41) is 10.1. The molecule has 1 saturated heterocycles. The number of nitrogens with zero attached hydrogens (tertiary/aromatic N) is 4. The van der Waals surface area contributed by atoms with Gasteiger partial charge in [0.15, 0.2) is 11.5 Å². The molecule has 0 unspecified atom stereocenters. The molecule has 1 fully saturated rings. The standard InChI is InChI=1S/C17H22N4O4S/c1-11-18-19-17(26-11)21-7-5-20(6-8-21)16(22)12-9-13(23-2)15(25-4)14(10-12)24-3/h9-10H,5-8H2,1-4H3. The minimum absolute atomic E-state index is 0.0580. The van der Waals surface area contributed by atoms with Crippen LogP contribution in [0.3, 0.4) is 0 Å². The third-order valence-electron chi connectivity index (χ3n) is 4.26. The van der Waals surface area contributed by atoms with Gasteiger partial charge in [-0.15, -0.1) is 10.2 Å².